The molecule has 2 aliphatic rings. The summed E-state index contributed by atoms with van der Waals surface area (Å²) in [4.78, 5) is 12.5. The van der Waals surface area contributed by atoms with Crippen molar-refractivity contribution in [3.05, 3.63) is 59.7 Å². The van der Waals surface area contributed by atoms with Crippen molar-refractivity contribution in [2.45, 2.75) is 31.1 Å². The number of benzene rings is 2. The molecule has 7 heteroatoms. The summed E-state index contributed by atoms with van der Waals surface area (Å²) in [5, 5.41) is 2.77. The zero-order valence-electron chi connectivity index (χ0n) is 17.0. The molecule has 0 aliphatic carbocycles. The van der Waals surface area contributed by atoms with Crippen LogP contribution in [0, 0.1) is 5.92 Å². The number of anilines is 1. The molecule has 158 valence electrons. The fourth-order valence-corrected chi connectivity index (χ4v) is 5.22. The van der Waals surface area contributed by atoms with Gasteiger partial charge < -0.3 is 10.1 Å². The number of fused-ring (bicyclic) bond motifs is 1. The Kier molecular flexibility index (Phi) is 5.92. The molecule has 6 nitrogen and oxygen atoms in total. The predicted molar refractivity (Wildman–Crippen MR) is 117 cm³/mol. The van der Waals surface area contributed by atoms with E-state index >= 15 is 0 Å². The SMILES string of the molecule is CC1CCN(S(=O)(=O)c2ccc(NC(=O)/C=C/c3ccc4c(c3)CCO4)cc2)CC1. The fraction of sp³-hybridized carbons (Fsp3) is 0.348. The third-order valence-corrected chi connectivity index (χ3v) is 7.56. The standard InChI is InChI=1S/C23H26N2O4S/c1-17-10-13-25(14-11-17)30(27,28)21-6-4-20(5-7-21)24-23(26)9-3-18-2-8-22-19(16-18)12-15-29-22/h2-9,16-17H,10-15H2,1H3,(H,24,26)/b9-3+. The summed E-state index contributed by atoms with van der Waals surface area (Å²) in [6, 6.07) is 12.2. The number of carbonyl (C=O) groups excluding carboxylic acids is 1. The lowest BCUT2D eigenvalue weighted by molar-refractivity contribution is -0.111. The van der Waals surface area contributed by atoms with Crippen LogP contribution in [-0.4, -0.2) is 38.3 Å². The van der Waals surface area contributed by atoms with E-state index in [2.05, 4.69) is 12.2 Å². The molecule has 2 aromatic carbocycles. The summed E-state index contributed by atoms with van der Waals surface area (Å²) < 4.78 is 32.6. The van der Waals surface area contributed by atoms with Crippen molar-refractivity contribution in [3.63, 3.8) is 0 Å². The van der Waals surface area contributed by atoms with Crippen molar-refractivity contribution in [3.8, 4) is 5.75 Å². The van der Waals surface area contributed by atoms with Crippen LogP contribution >= 0.6 is 0 Å². The van der Waals surface area contributed by atoms with Crippen molar-refractivity contribution in [2.24, 2.45) is 5.92 Å². The minimum atomic E-state index is -3.49. The van der Waals surface area contributed by atoms with E-state index in [-0.39, 0.29) is 10.8 Å². The predicted octanol–water partition coefficient (Wildman–Crippen LogP) is 3.69. The number of rotatable bonds is 5. The van der Waals surface area contributed by atoms with Crippen LogP contribution in [0.25, 0.3) is 6.08 Å². The Morgan fingerprint density at radius 1 is 1.13 bits per heavy atom. The Labute approximate surface area is 177 Å². The van der Waals surface area contributed by atoms with Gasteiger partial charge in [-0.2, -0.15) is 4.31 Å². The number of nitrogens with one attached hydrogen (secondary N) is 1. The highest BCUT2D eigenvalue weighted by molar-refractivity contribution is 7.89. The van der Waals surface area contributed by atoms with Gasteiger partial charge in [-0.05, 0) is 72.4 Å². The van der Waals surface area contributed by atoms with Crippen LogP contribution < -0.4 is 10.1 Å². The Morgan fingerprint density at radius 2 is 1.87 bits per heavy atom. The Bertz CT molecular complexity index is 1050. The van der Waals surface area contributed by atoms with E-state index in [0.29, 0.717) is 31.3 Å². The van der Waals surface area contributed by atoms with Crippen LogP contribution in [0.15, 0.2) is 53.4 Å². The minimum absolute atomic E-state index is 0.256. The molecule has 1 N–H and O–H groups in total. The van der Waals surface area contributed by atoms with E-state index in [0.717, 1.165) is 36.1 Å². The number of ether oxygens (including phenoxy) is 1. The van der Waals surface area contributed by atoms with Crippen LogP contribution in [0.4, 0.5) is 5.69 Å². The molecule has 1 saturated heterocycles. The quantitative estimate of drug-likeness (QED) is 0.740. The highest BCUT2D eigenvalue weighted by atomic mass is 32.2. The molecule has 0 unspecified atom stereocenters. The topological polar surface area (TPSA) is 75.7 Å². The molecule has 0 aromatic heterocycles. The van der Waals surface area contributed by atoms with Crippen molar-refractivity contribution in [2.75, 3.05) is 25.0 Å². The molecule has 30 heavy (non-hydrogen) atoms. The molecule has 2 aliphatic heterocycles. The molecular formula is C23H26N2O4S. The lowest BCUT2D eigenvalue weighted by Crippen LogP contribution is -2.37. The van der Waals surface area contributed by atoms with E-state index in [4.69, 9.17) is 4.74 Å². The third-order valence-electron chi connectivity index (χ3n) is 5.64. The number of hydrogen-bond acceptors (Lipinski definition) is 4. The molecule has 2 heterocycles. The largest absolute Gasteiger partial charge is 0.493 e. The number of sulfonamides is 1. The zero-order valence-corrected chi connectivity index (χ0v) is 17.8. The summed E-state index contributed by atoms with van der Waals surface area (Å²) >= 11 is 0. The number of carbonyl (C=O) groups is 1. The number of piperidine rings is 1. The van der Waals surface area contributed by atoms with Gasteiger partial charge in [-0.3, -0.25) is 4.79 Å². The first-order chi connectivity index (χ1) is 14.4. The van der Waals surface area contributed by atoms with Gasteiger partial charge in [0.1, 0.15) is 5.75 Å². The van der Waals surface area contributed by atoms with Gasteiger partial charge in [-0.1, -0.05) is 13.0 Å². The summed E-state index contributed by atoms with van der Waals surface area (Å²) in [6.07, 6.45) is 5.88. The van der Waals surface area contributed by atoms with Gasteiger partial charge in [0.15, 0.2) is 0 Å². The van der Waals surface area contributed by atoms with Gasteiger partial charge in [-0.15, -0.1) is 0 Å². The number of hydrogen-bond donors (Lipinski definition) is 1. The maximum Gasteiger partial charge on any atom is 0.248 e. The Hall–Kier alpha value is -2.64. The number of amides is 1. The van der Waals surface area contributed by atoms with Crippen molar-refractivity contribution >= 4 is 27.7 Å². The van der Waals surface area contributed by atoms with Gasteiger partial charge in [0, 0.05) is 31.3 Å². The summed E-state index contributed by atoms with van der Waals surface area (Å²) in [7, 11) is -3.49. The first-order valence-electron chi connectivity index (χ1n) is 10.3. The molecule has 4 rings (SSSR count). The van der Waals surface area contributed by atoms with Crippen molar-refractivity contribution in [1.82, 2.24) is 4.31 Å². The molecular weight excluding hydrogens is 400 g/mol. The maximum absolute atomic E-state index is 12.8. The first kappa shape index (κ1) is 20.6. The molecule has 0 bridgehead atoms. The first-order valence-corrected chi connectivity index (χ1v) is 11.7. The van der Waals surface area contributed by atoms with E-state index < -0.39 is 10.0 Å². The molecule has 1 amide bonds. The van der Waals surface area contributed by atoms with E-state index in [1.807, 2.05) is 18.2 Å². The zero-order chi connectivity index (χ0) is 21.1. The molecule has 2 aromatic rings. The van der Waals surface area contributed by atoms with Gasteiger partial charge in [-0.25, -0.2) is 8.42 Å². The second-order valence-corrected chi connectivity index (χ2v) is 9.84. The normalized spacial score (nSPS) is 17.6. The van der Waals surface area contributed by atoms with Gasteiger partial charge in [0.2, 0.25) is 15.9 Å². The molecule has 1 fully saturated rings. The van der Waals surface area contributed by atoms with E-state index in [1.165, 1.54) is 6.08 Å². The van der Waals surface area contributed by atoms with Gasteiger partial charge >= 0.3 is 0 Å². The average Bonchev–Trinajstić information content (AvgIpc) is 3.21. The summed E-state index contributed by atoms with van der Waals surface area (Å²) in [5.74, 6) is 1.20. The highest BCUT2D eigenvalue weighted by Gasteiger charge is 2.27. The smallest absolute Gasteiger partial charge is 0.248 e. The molecule has 0 spiro atoms. The molecule has 0 atom stereocenters. The van der Waals surface area contributed by atoms with Gasteiger partial charge in [0.05, 0.1) is 11.5 Å². The second kappa shape index (κ2) is 8.62. The highest BCUT2D eigenvalue weighted by Crippen LogP contribution is 2.26. The number of nitrogens with zero attached hydrogens (tertiary/aromatic N) is 1. The Balaban J connectivity index is 1.37. The average molecular weight is 427 g/mol. The second-order valence-electron chi connectivity index (χ2n) is 7.90. The Morgan fingerprint density at radius 3 is 2.60 bits per heavy atom. The monoisotopic (exact) mass is 426 g/mol. The van der Waals surface area contributed by atoms with Crippen LogP contribution in [0.3, 0.4) is 0 Å². The van der Waals surface area contributed by atoms with Crippen molar-refractivity contribution in [1.29, 1.82) is 0 Å². The van der Waals surface area contributed by atoms with Crippen LogP contribution in [0.5, 0.6) is 5.75 Å². The van der Waals surface area contributed by atoms with Crippen LogP contribution in [0.2, 0.25) is 0 Å². The summed E-state index contributed by atoms with van der Waals surface area (Å²) in [5.41, 5.74) is 2.64. The molecule has 0 radical (unpaired) electrons. The van der Waals surface area contributed by atoms with Crippen molar-refractivity contribution < 1.29 is 17.9 Å². The summed E-state index contributed by atoms with van der Waals surface area (Å²) in [6.45, 7) is 3.96. The van der Waals surface area contributed by atoms with Crippen LogP contribution in [0.1, 0.15) is 30.9 Å². The van der Waals surface area contributed by atoms with Crippen LogP contribution in [-0.2, 0) is 21.2 Å². The minimum Gasteiger partial charge on any atom is -0.493 e. The fourth-order valence-electron chi connectivity index (χ4n) is 3.75. The molecule has 0 saturated carbocycles. The van der Waals surface area contributed by atoms with Gasteiger partial charge in [0.25, 0.3) is 0 Å². The van der Waals surface area contributed by atoms with E-state index in [9.17, 15) is 13.2 Å². The lowest BCUT2D eigenvalue weighted by Gasteiger charge is -2.29. The maximum atomic E-state index is 12.8. The lowest BCUT2D eigenvalue weighted by atomic mass is 10.0. The van der Waals surface area contributed by atoms with E-state index in [1.54, 1.807) is 34.6 Å². The third kappa shape index (κ3) is 4.57.